The predicted molar refractivity (Wildman–Crippen MR) is 80.9 cm³/mol. The molecular formula is C14H15N3O2S. The number of hydrogen-bond donors (Lipinski definition) is 1. The van der Waals surface area contributed by atoms with Crippen molar-refractivity contribution >= 4 is 33.6 Å². The minimum absolute atomic E-state index is 0.113. The summed E-state index contributed by atoms with van der Waals surface area (Å²) in [5.74, 6) is 0.547. The smallest absolute Gasteiger partial charge is 0.271 e. The standard InChI is InChI=1S/C14H15N3O2S/c1-17(19-2)14(18)12-8-20-13(16-12)10-3-4-11-9(7-10)5-6-15-11/h3-7,12,15H,8H2,1-2H3/t12-/m0/s1. The summed E-state index contributed by atoms with van der Waals surface area (Å²) in [6, 6.07) is 7.81. The Morgan fingerprint density at radius 3 is 3.15 bits per heavy atom. The third-order valence-electron chi connectivity index (χ3n) is 3.32. The van der Waals surface area contributed by atoms with Gasteiger partial charge in [0, 0.05) is 35.5 Å². The average Bonchev–Trinajstić information content (AvgIpc) is 3.13. The van der Waals surface area contributed by atoms with E-state index in [1.54, 1.807) is 18.8 Å². The van der Waals surface area contributed by atoms with Gasteiger partial charge in [-0.2, -0.15) is 0 Å². The van der Waals surface area contributed by atoms with Gasteiger partial charge in [0.15, 0.2) is 0 Å². The summed E-state index contributed by atoms with van der Waals surface area (Å²) in [6.07, 6.45) is 1.91. The summed E-state index contributed by atoms with van der Waals surface area (Å²) < 4.78 is 0. The topological polar surface area (TPSA) is 57.7 Å². The highest BCUT2D eigenvalue weighted by atomic mass is 32.2. The maximum Gasteiger partial charge on any atom is 0.271 e. The number of aliphatic imine (C=N–C) groups is 1. The third kappa shape index (κ3) is 2.32. The molecule has 0 unspecified atom stereocenters. The Labute approximate surface area is 121 Å². The largest absolute Gasteiger partial charge is 0.361 e. The predicted octanol–water partition coefficient (Wildman–Crippen LogP) is 2.05. The number of H-pyrrole nitrogens is 1. The monoisotopic (exact) mass is 289 g/mol. The van der Waals surface area contributed by atoms with Crippen molar-refractivity contribution in [3.63, 3.8) is 0 Å². The first-order chi connectivity index (χ1) is 9.69. The van der Waals surface area contributed by atoms with E-state index in [0.717, 1.165) is 21.5 Å². The molecule has 3 rings (SSSR count). The maximum absolute atomic E-state index is 12.0. The van der Waals surface area contributed by atoms with Crippen molar-refractivity contribution in [2.24, 2.45) is 4.99 Å². The van der Waals surface area contributed by atoms with E-state index in [4.69, 9.17) is 4.84 Å². The zero-order valence-corrected chi connectivity index (χ0v) is 12.1. The van der Waals surface area contributed by atoms with Crippen LogP contribution < -0.4 is 0 Å². The van der Waals surface area contributed by atoms with Gasteiger partial charge in [-0.05, 0) is 18.2 Å². The molecular weight excluding hydrogens is 274 g/mol. The molecule has 1 aliphatic heterocycles. The molecule has 1 aromatic carbocycles. The van der Waals surface area contributed by atoms with Crippen molar-refractivity contribution < 1.29 is 9.63 Å². The van der Waals surface area contributed by atoms with Crippen molar-refractivity contribution in [2.75, 3.05) is 19.9 Å². The fourth-order valence-electron chi connectivity index (χ4n) is 2.14. The number of aromatic nitrogens is 1. The Bertz CT molecular complexity index is 680. The van der Waals surface area contributed by atoms with E-state index in [1.807, 2.05) is 24.4 Å². The summed E-state index contributed by atoms with van der Waals surface area (Å²) in [6.45, 7) is 0. The number of likely N-dealkylation sites (N-methyl/N-ethyl adjacent to an activating group) is 1. The van der Waals surface area contributed by atoms with Gasteiger partial charge in [-0.15, -0.1) is 11.8 Å². The van der Waals surface area contributed by atoms with Gasteiger partial charge in [0.25, 0.3) is 5.91 Å². The van der Waals surface area contributed by atoms with Gasteiger partial charge in [-0.3, -0.25) is 14.6 Å². The fourth-order valence-corrected chi connectivity index (χ4v) is 3.17. The molecule has 0 saturated heterocycles. The lowest BCUT2D eigenvalue weighted by atomic mass is 10.2. The van der Waals surface area contributed by atoms with E-state index in [1.165, 1.54) is 12.2 Å². The number of carbonyl (C=O) groups excluding carboxylic acids is 1. The van der Waals surface area contributed by atoms with Gasteiger partial charge in [0.1, 0.15) is 6.04 Å². The molecule has 20 heavy (non-hydrogen) atoms. The number of nitrogens with zero attached hydrogens (tertiary/aromatic N) is 2. The molecule has 1 atom stereocenters. The molecule has 6 heteroatoms. The Balaban J connectivity index is 1.85. The lowest BCUT2D eigenvalue weighted by molar-refractivity contribution is -0.169. The van der Waals surface area contributed by atoms with Crippen molar-refractivity contribution in [3.05, 3.63) is 36.0 Å². The molecule has 0 radical (unpaired) electrons. The summed E-state index contributed by atoms with van der Waals surface area (Å²) in [7, 11) is 3.08. The number of hydroxylamine groups is 2. The number of aromatic amines is 1. The second kappa shape index (κ2) is 5.30. The molecule has 1 amide bonds. The van der Waals surface area contributed by atoms with E-state index in [9.17, 15) is 4.79 Å². The van der Waals surface area contributed by atoms with Gasteiger partial charge >= 0.3 is 0 Å². The molecule has 0 bridgehead atoms. The number of thioether (sulfide) groups is 1. The lowest BCUT2D eigenvalue weighted by Crippen LogP contribution is -2.34. The molecule has 5 nitrogen and oxygen atoms in total. The molecule has 1 N–H and O–H groups in total. The van der Waals surface area contributed by atoms with Gasteiger partial charge in [0.05, 0.1) is 12.2 Å². The molecule has 0 saturated carbocycles. The van der Waals surface area contributed by atoms with Crippen LogP contribution in [0.2, 0.25) is 0 Å². The summed E-state index contributed by atoms with van der Waals surface area (Å²) in [5.41, 5.74) is 2.15. The van der Waals surface area contributed by atoms with Crippen LogP contribution in [0.3, 0.4) is 0 Å². The van der Waals surface area contributed by atoms with E-state index in [0.29, 0.717) is 5.75 Å². The zero-order chi connectivity index (χ0) is 14.1. The Hall–Kier alpha value is -1.79. The van der Waals surface area contributed by atoms with Crippen LogP contribution in [0.1, 0.15) is 5.56 Å². The number of amides is 1. The van der Waals surface area contributed by atoms with Gasteiger partial charge < -0.3 is 4.98 Å². The molecule has 0 fully saturated rings. The van der Waals surface area contributed by atoms with Crippen LogP contribution in [-0.2, 0) is 9.63 Å². The normalized spacial score (nSPS) is 18.3. The van der Waals surface area contributed by atoms with E-state index in [-0.39, 0.29) is 11.9 Å². The quantitative estimate of drug-likeness (QED) is 0.880. The van der Waals surface area contributed by atoms with Crippen LogP contribution in [-0.4, -0.2) is 47.0 Å². The fraction of sp³-hybridized carbons (Fsp3) is 0.286. The van der Waals surface area contributed by atoms with Crippen LogP contribution in [0.4, 0.5) is 0 Å². The molecule has 2 heterocycles. The first-order valence-electron chi connectivity index (χ1n) is 6.29. The number of benzene rings is 1. The van der Waals surface area contributed by atoms with E-state index in [2.05, 4.69) is 16.0 Å². The van der Waals surface area contributed by atoms with Crippen molar-refractivity contribution in [3.8, 4) is 0 Å². The van der Waals surface area contributed by atoms with Crippen molar-refractivity contribution in [1.29, 1.82) is 0 Å². The van der Waals surface area contributed by atoms with Crippen LogP contribution in [0.15, 0.2) is 35.5 Å². The van der Waals surface area contributed by atoms with Crippen LogP contribution >= 0.6 is 11.8 Å². The minimum Gasteiger partial charge on any atom is -0.361 e. The summed E-state index contributed by atoms with van der Waals surface area (Å²) in [4.78, 5) is 24.6. The number of carbonyl (C=O) groups is 1. The Kier molecular flexibility index (Phi) is 3.50. The van der Waals surface area contributed by atoms with E-state index < -0.39 is 0 Å². The molecule has 0 aliphatic carbocycles. The number of hydrogen-bond acceptors (Lipinski definition) is 4. The average molecular weight is 289 g/mol. The van der Waals surface area contributed by atoms with Crippen LogP contribution in [0.25, 0.3) is 10.9 Å². The van der Waals surface area contributed by atoms with Gasteiger partial charge in [-0.25, -0.2) is 5.06 Å². The molecule has 1 aromatic heterocycles. The van der Waals surface area contributed by atoms with Crippen LogP contribution in [0, 0.1) is 0 Å². The van der Waals surface area contributed by atoms with Crippen molar-refractivity contribution in [1.82, 2.24) is 10.0 Å². The first-order valence-corrected chi connectivity index (χ1v) is 7.27. The highest BCUT2D eigenvalue weighted by Gasteiger charge is 2.28. The molecule has 0 spiro atoms. The molecule has 104 valence electrons. The Morgan fingerprint density at radius 1 is 1.50 bits per heavy atom. The van der Waals surface area contributed by atoms with E-state index >= 15 is 0 Å². The third-order valence-corrected chi connectivity index (χ3v) is 4.42. The Morgan fingerprint density at radius 2 is 2.35 bits per heavy atom. The summed E-state index contributed by atoms with van der Waals surface area (Å²) in [5, 5.41) is 3.29. The number of fused-ring (bicyclic) bond motifs is 1. The summed E-state index contributed by atoms with van der Waals surface area (Å²) >= 11 is 1.61. The highest BCUT2D eigenvalue weighted by Crippen LogP contribution is 2.26. The molecule has 1 aliphatic rings. The highest BCUT2D eigenvalue weighted by molar-refractivity contribution is 8.14. The van der Waals surface area contributed by atoms with Crippen LogP contribution in [0.5, 0.6) is 0 Å². The second-order valence-electron chi connectivity index (χ2n) is 4.56. The lowest BCUT2D eigenvalue weighted by Gasteiger charge is -2.15. The molecule has 2 aromatic rings. The van der Waals surface area contributed by atoms with Crippen molar-refractivity contribution in [2.45, 2.75) is 6.04 Å². The second-order valence-corrected chi connectivity index (χ2v) is 5.57. The number of rotatable bonds is 3. The van der Waals surface area contributed by atoms with Gasteiger partial charge in [-0.1, -0.05) is 6.07 Å². The minimum atomic E-state index is -0.359. The maximum atomic E-state index is 12.0. The SMILES string of the molecule is CON(C)C(=O)[C@@H]1CSC(c2ccc3[nH]ccc3c2)=N1. The number of nitrogens with one attached hydrogen (secondary N) is 1. The van der Waals surface area contributed by atoms with Gasteiger partial charge in [0.2, 0.25) is 0 Å². The zero-order valence-electron chi connectivity index (χ0n) is 11.3. The first kappa shape index (κ1) is 13.2.